The molecule has 1 aromatic rings. The number of thiazole rings is 1. The first kappa shape index (κ1) is 17.4. The third kappa shape index (κ3) is 4.06. The van der Waals surface area contributed by atoms with E-state index in [2.05, 4.69) is 23.4 Å². The van der Waals surface area contributed by atoms with E-state index in [0.29, 0.717) is 13.2 Å². The number of hydrogen-bond acceptors (Lipinski definition) is 4. The van der Waals surface area contributed by atoms with Crippen LogP contribution in [-0.2, 0) is 20.8 Å². The molecular formula is C16H26N2O3S. The third-order valence-corrected chi connectivity index (χ3v) is 5.26. The molecule has 5 nitrogen and oxygen atoms in total. The highest BCUT2D eigenvalue weighted by atomic mass is 32.1. The molecule has 0 saturated carbocycles. The first-order valence-electron chi connectivity index (χ1n) is 7.72. The van der Waals surface area contributed by atoms with Crippen LogP contribution in [0.5, 0.6) is 0 Å². The first-order valence-corrected chi connectivity index (χ1v) is 8.54. The molecule has 1 aliphatic heterocycles. The van der Waals surface area contributed by atoms with Crippen LogP contribution < -0.4 is 4.80 Å². The van der Waals surface area contributed by atoms with E-state index >= 15 is 0 Å². The standard InChI is InChI=1S/C16H26N2O3S/c1-11-12(2)22-15(18(11)7-9-20-5)17-14(19)13-6-8-21-16(3,4)10-13/h13H,6-10H2,1-5H3/b17-15-. The topological polar surface area (TPSA) is 52.8 Å². The van der Waals surface area contributed by atoms with E-state index in [4.69, 9.17) is 9.47 Å². The van der Waals surface area contributed by atoms with Crippen LogP contribution in [0.3, 0.4) is 0 Å². The lowest BCUT2D eigenvalue weighted by molar-refractivity contribution is -0.132. The van der Waals surface area contributed by atoms with Crippen LogP contribution in [0, 0.1) is 19.8 Å². The smallest absolute Gasteiger partial charge is 0.251 e. The molecular weight excluding hydrogens is 300 g/mol. The average Bonchev–Trinajstić information content (AvgIpc) is 2.70. The van der Waals surface area contributed by atoms with Gasteiger partial charge >= 0.3 is 0 Å². The van der Waals surface area contributed by atoms with Crippen LogP contribution in [0.25, 0.3) is 0 Å². The Hall–Kier alpha value is -0.980. The van der Waals surface area contributed by atoms with Crippen LogP contribution in [0.2, 0.25) is 0 Å². The molecule has 0 aliphatic carbocycles. The van der Waals surface area contributed by atoms with Gasteiger partial charge in [0.15, 0.2) is 4.80 Å². The predicted octanol–water partition coefficient (Wildman–Crippen LogP) is 2.45. The fourth-order valence-electron chi connectivity index (χ4n) is 2.76. The number of carbonyl (C=O) groups is 1. The minimum Gasteiger partial charge on any atom is -0.383 e. The highest BCUT2D eigenvalue weighted by Gasteiger charge is 2.32. The Balaban J connectivity index is 2.24. The van der Waals surface area contributed by atoms with E-state index in [0.717, 1.165) is 29.9 Å². The van der Waals surface area contributed by atoms with E-state index < -0.39 is 0 Å². The molecule has 0 bridgehead atoms. The van der Waals surface area contributed by atoms with Crippen molar-refractivity contribution in [3.05, 3.63) is 15.4 Å². The number of aryl methyl sites for hydroxylation is 1. The molecule has 1 saturated heterocycles. The van der Waals surface area contributed by atoms with Gasteiger partial charge in [0.05, 0.1) is 12.2 Å². The zero-order valence-electron chi connectivity index (χ0n) is 14.1. The summed E-state index contributed by atoms with van der Waals surface area (Å²) in [5, 5.41) is 0. The Bertz CT molecular complexity index is 601. The van der Waals surface area contributed by atoms with Gasteiger partial charge in [-0.15, -0.1) is 11.3 Å². The zero-order valence-corrected chi connectivity index (χ0v) is 15.0. The molecule has 124 valence electrons. The quantitative estimate of drug-likeness (QED) is 0.854. The van der Waals surface area contributed by atoms with Gasteiger partial charge in [-0.1, -0.05) is 0 Å². The lowest BCUT2D eigenvalue weighted by Crippen LogP contribution is -2.37. The lowest BCUT2D eigenvalue weighted by Gasteiger charge is -2.33. The molecule has 22 heavy (non-hydrogen) atoms. The predicted molar refractivity (Wildman–Crippen MR) is 87.0 cm³/mol. The maximum Gasteiger partial charge on any atom is 0.251 e. The van der Waals surface area contributed by atoms with Gasteiger partial charge in [0, 0.05) is 36.8 Å². The molecule has 6 heteroatoms. The molecule has 1 unspecified atom stereocenters. The summed E-state index contributed by atoms with van der Waals surface area (Å²) in [5.41, 5.74) is 0.919. The second-order valence-electron chi connectivity index (χ2n) is 6.42. The Labute approximate surface area is 136 Å². The van der Waals surface area contributed by atoms with Crippen molar-refractivity contribution in [2.24, 2.45) is 10.9 Å². The van der Waals surface area contributed by atoms with E-state index in [1.807, 2.05) is 13.8 Å². The number of methoxy groups -OCH3 is 1. The van der Waals surface area contributed by atoms with E-state index in [-0.39, 0.29) is 17.4 Å². The highest BCUT2D eigenvalue weighted by Crippen LogP contribution is 2.29. The molecule has 2 rings (SSSR count). The first-order chi connectivity index (χ1) is 10.3. The van der Waals surface area contributed by atoms with Crippen molar-refractivity contribution < 1.29 is 14.3 Å². The number of ether oxygens (including phenoxy) is 2. The highest BCUT2D eigenvalue weighted by molar-refractivity contribution is 7.09. The molecule has 0 N–H and O–H groups in total. The second kappa shape index (κ2) is 7.06. The number of carbonyl (C=O) groups excluding carboxylic acids is 1. The molecule has 1 atom stereocenters. The number of nitrogens with zero attached hydrogens (tertiary/aromatic N) is 2. The van der Waals surface area contributed by atoms with Crippen LogP contribution in [0.1, 0.15) is 37.3 Å². The van der Waals surface area contributed by atoms with Gasteiger partial charge in [-0.2, -0.15) is 4.99 Å². The molecule has 0 radical (unpaired) electrons. The van der Waals surface area contributed by atoms with Crippen LogP contribution in [-0.4, -0.2) is 36.4 Å². The van der Waals surface area contributed by atoms with Crippen molar-refractivity contribution in [3.63, 3.8) is 0 Å². The van der Waals surface area contributed by atoms with E-state index in [1.165, 1.54) is 4.88 Å². The molecule has 1 aliphatic rings. The third-order valence-electron chi connectivity index (χ3n) is 4.16. The number of amides is 1. The monoisotopic (exact) mass is 326 g/mol. The van der Waals surface area contributed by atoms with Crippen LogP contribution in [0.4, 0.5) is 0 Å². The average molecular weight is 326 g/mol. The number of hydrogen-bond donors (Lipinski definition) is 0. The normalized spacial score (nSPS) is 22.0. The number of aromatic nitrogens is 1. The van der Waals surface area contributed by atoms with Crippen molar-refractivity contribution >= 4 is 17.2 Å². The van der Waals surface area contributed by atoms with Gasteiger partial charge in [0.1, 0.15) is 0 Å². The summed E-state index contributed by atoms with van der Waals surface area (Å²) in [6.45, 7) is 10.1. The molecule has 0 spiro atoms. The summed E-state index contributed by atoms with van der Waals surface area (Å²) < 4.78 is 12.9. The minimum atomic E-state index is -0.235. The largest absolute Gasteiger partial charge is 0.383 e. The van der Waals surface area contributed by atoms with E-state index in [9.17, 15) is 4.79 Å². The Morgan fingerprint density at radius 3 is 2.86 bits per heavy atom. The lowest BCUT2D eigenvalue weighted by atomic mass is 9.88. The summed E-state index contributed by atoms with van der Waals surface area (Å²) >= 11 is 1.57. The fraction of sp³-hybridized carbons (Fsp3) is 0.750. The van der Waals surface area contributed by atoms with Crippen LogP contribution >= 0.6 is 11.3 Å². The van der Waals surface area contributed by atoms with Crippen molar-refractivity contribution in [3.8, 4) is 0 Å². The van der Waals surface area contributed by atoms with Crippen molar-refractivity contribution in [2.45, 2.75) is 52.7 Å². The summed E-state index contributed by atoms with van der Waals surface area (Å²) in [6.07, 6.45) is 1.49. The molecule has 1 amide bonds. The maximum absolute atomic E-state index is 12.5. The SMILES string of the molecule is COCCn1c(C)c(C)s/c1=N\C(=O)C1CCOC(C)(C)C1. The zero-order chi connectivity index (χ0) is 16.3. The Kier molecular flexibility index (Phi) is 5.58. The van der Waals surface area contributed by atoms with Gasteiger partial charge in [0.2, 0.25) is 0 Å². The maximum atomic E-state index is 12.5. The Morgan fingerprint density at radius 1 is 1.50 bits per heavy atom. The molecule has 0 aromatic carbocycles. The van der Waals surface area contributed by atoms with Crippen LogP contribution in [0.15, 0.2) is 4.99 Å². The minimum absolute atomic E-state index is 0.0243. The summed E-state index contributed by atoms with van der Waals surface area (Å²) in [4.78, 5) is 18.9. The van der Waals surface area contributed by atoms with E-state index in [1.54, 1.807) is 18.4 Å². The summed E-state index contributed by atoms with van der Waals surface area (Å²) in [7, 11) is 1.68. The van der Waals surface area contributed by atoms with Crippen molar-refractivity contribution in [1.29, 1.82) is 0 Å². The van der Waals surface area contributed by atoms with Crippen molar-refractivity contribution in [2.75, 3.05) is 20.3 Å². The van der Waals surface area contributed by atoms with Gasteiger partial charge in [-0.3, -0.25) is 4.79 Å². The molecule has 1 aromatic heterocycles. The fourth-order valence-corrected chi connectivity index (χ4v) is 3.76. The van der Waals surface area contributed by atoms with Gasteiger partial charge in [-0.25, -0.2) is 0 Å². The number of rotatable bonds is 4. The second-order valence-corrected chi connectivity index (χ2v) is 7.60. The van der Waals surface area contributed by atoms with Gasteiger partial charge < -0.3 is 14.0 Å². The summed E-state index contributed by atoms with van der Waals surface area (Å²) in [6, 6.07) is 0. The Morgan fingerprint density at radius 2 is 2.23 bits per heavy atom. The molecule has 2 heterocycles. The van der Waals surface area contributed by atoms with Gasteiger partial charge in [0.25, 0.3) is 5.91 Å². The van der Waals surface area contributed by atoms with Gasteiger partial charge in [-0.05, 0) is 40.5 Å². The molecule has 1 fully saturated rings. The summed E-state index contributed by atoms with van der Waals surface area (Å²) in [5.74, 6) is -0.0638. The van der Waals surface area contributed by atoms with Crippen molar-refractivity contribution in [1.82, 2.24) is 4.57 Å².